The third-order valence-electron chi connectivity index (χ3n) is 4.19. The van der Waals surface area contributed by atoms with Crippen LogP contribution in [0.25, 0.3) is 22.3 Å². The third-order valence-corrected chi connectivity index (χ3v) is 4.19. The van der Waals surface area contributed by atoms with Crippen LogP contribution in [0.3, 0.4) is 0 Å². The highest BCUT2D eigenvalue weighted by molar-refractivity contribution is 5.85. The van der Waals surface area contributed by atoms with Crippen LogP contribution >= 0.6 is 0 Å². The number of hydrogen-bond donors (Lipinski definition) is 1. The predicted octanol–water partition coefficient (Wildman–Crippen LogP) is 3.26. The van der Waals surface area contributed by atoms with Gasteiger partial charge in [-0.2, -0.15) is 10.2 Å². The van der Waals surface area contributed by atoms with Crippen LogP contribution in [0, 0.1) is 0 Å². The van der Waals surface area contributed by atoms with Crippen molar-refractivity contribution < 1.29 is 24.1 Å². The topological polar surface area (TPSA) is 82.9 Å². The van der Waals surface area contributed by atoms with E-state index in [1.807, 2.05) is 18.2 Å². The molecule has 7 nitrogen and oxygen atoms in total. The molecular weight excluding hydrogens is 336 g/mol. The zero-order valence-electron chi connectivity index (χ0n) is 14.2. The molecule has 2 aromatic carbocycles. The van der Waals surface area contributed by atoms with Gasteiger partial charge in [-0.25, -0.2) is 0 Å². The largest absolute Gasteiger partial charge is 0.504 e. The molecule has 3 aromatic rings. The molecule has 0 amide bonds. The minimum absolute atomic E-state index is 0.0519. The molecule has 0 unspecified atom stereocenters. The van der Waals surface area contributed by atoms with Gasteiger partial charge in [0.2, 0.25) is 12.5 Å². The van der Waals surface area contributed by atoms with E-state index in [4.69, 9.17) is 18.9 Å². The van der Waals surface area contributed by atoms with Crippen molar-refractivity contribution in [2.45, 2.75) is 0 Å². The van der Waals surface area contributed by atoms with Crippen molar-refractivity contribution in [2.24, 2.45) is 0 Å². The van der Waals surface area contributed by atoms with Gasteiger partial charge in [0.1, 0.15) is 0 Å². The van der Waals surface area contributed by atoms with Gasteiger partial charge in [0.05, 0.1) is 26.6 Å². The fourth-order valence-electron chi connectivity index (χ4n) is 2.92. The highest BCUT2D eigenvalue weighted by Crippen LogP contribution is 2.45. The van der Waals surface area contributed by atoms with Gasteiger partial charge >= 0.3 is 0 Å². The summed E-state index contributed by atoms with van der Waals surface area (Å²) in [5, 5.41) is 18.1. The zero-order valence-corrected chi connectivity index (χ0v) is 14.2. The lowest BCUT2D eigenvalue weighted by atomic mass is 9.97. The van der Waals surface area contributed by atoms with Crippen LogP contribution in [0.4, 0.5) is 0 Å². The fraction of sp³-hybridized carbons (Fsp3) is 0.158. The summed E-state index contributed by atoms with van der Waals surface area (Å²) in [5.41, 5.74) is 3.25. The molecule has 0 spiro atoms. The number of ether oxygens (including phenoxy) is 4. The first kappa shape index (κ1) is 16.0. The summed E-state index contributed by atoms with van der Waals surface area (Å²) >= 11 is 0. The molecule has 0 fully saturated rings. The maximum Gasteiger partial charge on any atom is 0.231 e. The second kappa shape index (κ2) is 6.44. The van der Waals surface area contributed by atoms with Gasteiger partial charge in [0, 0.05) is 11.1 Å². The number of phenols is 1. The summed E-state index contributed by atoms with van der Waals surface area (Å²) in [7, 11) is 3.08. The number of phenolic OH excluding ortho intramolecular Hbond substituents is 1. The number of aromatic hydroxyl groups is 1. The molecule has 0 saturated carbocycles. The molecule has 1 aliphatic heterocycles. The van der Waals surface area contributed by atoms with Crippen LogP contribution in [0.2, 0.25) is 0 Å². The molecule has 26 heavy (non-hydrogen) atoms. The number of benzene rings is 2. The molecule has 4 rings (SSSR count). The number of hydrogen-bond acceptors (Lipinski definition) is 7. The van der Waals surface area contributed by atoms with Crippen LogP contribution in [0.1, 0.15) is 0 Å². The summed E-state index contributed by atoms with van der Waals surface area (Å²) < 4.78 is 21.5. The van der Waals surface area contributed by atoms with E-state index < -0.39 is 0 Å². The Balaban J connectivity index is 1.86. The van der Waals surface area contributed by atoms with Gasteiger partial charge in [-0.1, -0.05) is 6.07 Å². The van der Waals surface area contributed by atoms with E-state index in [0.29, 0.717) is 23.0 Å². The smallest absolute Gasteiger partial charge is 0.231 e. The van der Waals surface area contributed by atoms with E-state index in [1.165, 1.54) is 7.11 Å². The summed E-state index contributed by atoms with van der Waals surface area (Å²) in [6, 6.07) is 8.91. The van der Waals surface area contributed by atoms with Crippen molar-refractivity contribution in [3.05, 3.63) is 42.7 Å². The monoisotopic (exact) mass is 352 g/mol. The Kier molecular flexibility index (Phi) is 3.96. The molecular formula is C19H16N2O5. The molecule has 2 heterocycles. The number of methoxy groups -OCH3 is 2. The maximum absolute atomic E-state index is 10.1. The van der Waals surface area contributed by atoms with E-state index in [0.717, 1.165) is 22.3 Å². The lowest BCUT2D eigenvalue weighted by Gasteiger charge is -2.12. The Morgan fingerprint density at radius 3 is 2.31 bits per heavy atom. The highest BCUT2D eigenvalue weighted by atomic mass is 16.7. The number of rotatable bonds is 4. The normalized spacial score (nSPS) is 12.1. The first-order valence-electron chi connectivity index (χ1n) is 7.87. The standard InChI is InChI=1S/C19H16N2O5/c1-23-16-4-3-11(5-15(16)22)13-8-20-21-9-14(13)12-6-17(24-2)19-18(7-12)25-10-26-19/h3-9,22H,10H2,1-2H3. The molecule has 1 aliphatic rings. The van der Waals surface area contributed by atoms with Crippen LogP contribution in [-0.4, -0.2) is 36.3 Å². The van der Waals surface area contributed by atoms with Crippen molar-refractivity contribution in [2.75, 3.05) is 21.0 Å². The van der Waals surface area contributed by atoms with Gasteiger partial charge in [0.25, 0.3) is 0 Å². The maximum atomic E-state index is 10.1. The second-order valence-electron chi connectivity index (χ2n) is 5.62. The average Bonchev–Trinajstić information content (AvgIpc) is 3.16. The van der Waals surface area contributed by atoms with Crippen LogP contribution < -0.4 is 18.9 Å². The van der Waals surface area contributed by atoms with Gasteiger partial charge in [-0.15, -0.1) is 0 Å². The minimum atomic E-state index is 0.0519. The zero-order chi connectivity index (χ0) is 18.1. The third kappa shape index (κ3) is 2.63. The molecule has 0 bridgehead atoms. The Bertz CT molecular complexity index is 974. The highest BCUT2D eigenvalue weighted by Gasteiger charge is 2.22. The Morgan fingerprint density at radius 1 is 0.885 bits per heavy atom. The molecule has 0 radical (unpaired) electrons. The molecule has 0 atom stereocenters. The van der Waals surface area contributed by atoms with Crippen LogP contribution in [-0.2, 0) is 0 Å². The molecule has 132 valence electrons. The van der Waals surface area contributed by atoms with Crippen molar-refractivity contribution in [3.63, 3.8) is 0 Å². The summed E-state index contributed by atoms with van der Waals surface area (Å²) in [6.45, 7) is 0.156. The van der Waals surface area contributed by atoms with Crippen molar-refractivity contribution in [1.82, 2.24) is 10.2 Å². The number of aromatic nitrogens is 2. The quantitative estimate of drug-likeness (QED) is 0.771. The fourth-order valence-corrected chi connectivity index (χ4v) is 2.92. The first-order chi connectivity index (χ1) is 12.7. The predicted molar refractivity (Wildman–Crippen MR) is 93.8 cm³/mol. The van der Waals surface area contributed by atoms with Crippen LogP contribution in [0.5, 0.6) is 28.7 Å². The summed E-state index contributed by atoms with van der Waals surface area (Å²) in [4.78, 5) is 0. The first-order valence-corrected chi connectivity index (χ1v) is 7.87. The lowest BCUT2D eigenvalue weighted by molar-refractivity contribution is 0.171. The Labute approximate surface area is 149 Å². The van der Waals surface area contributed by atoms with Crippen LogP contribution in [0.15, 0.2) is 42.7 Å². The number of fused-ring (bicyclic) bond motifs is 1. The van der Waals surface area contributed by atoms with Crippen molar-refractivity contribution in [3.8, 4) is 51.0 Å². The van der Waals surface area contributed by atoms with Crippen molar-refractivity contribution >= 4 is 0 Å². The molecule has 1 N–H and O–H groups in total. The minimum Gasteiger partial charge on any atom is -0.504 e. The van der Waals surface area contributed by atoms with Gasteiger partial charge in [-0.3, -0.25) is 0 Å². The van der Waals surface area contributed by atoms with E-state index >= 15 is 0 Å². The Morgan fingerprint density at radius 2 is 1.62 bits per heavy atom. The van der Waals surface area contributed by atoms with E-state index in [-0.39, 0.29) is 12.5 Å². The van der Waals surface area contributed by atoms with Crippen molar-refractivity contribution in [1.29, 1.82) is 0 Å². The molecule has 0 aliphatic carbocycles. The summed E-state index contributed by atoms with van der Waals surface area (Å²) in [5.74, 6) is 2.23. The van der Waals surface area contributed by atoms with Gasteiger partial charge < -0.3 is 24.1 Å². The lowest BCUT2D eigenvalue weighted by Crippen LogP contribution is -1.93. The van der Waals surface area contributed by atoms with E-state index in [1.54, 1.807) is 31.6 Å². The molecule has 0 saturated heterocycles. The van der Waals surface area contributed by atoms with E-state index in [2.05, 4.69) is 10.2 Å². The SMILES string of the molecule is COc1ccc(-c2cnncc2-c2cc(OC)c3c(c2)OCO3)cc1O. The number of nitrogens with zero attached hydrogens (tertiary/aromatic N) is 2. The molecule has 1 aromatic heterocycles. The molecule has 7 heteroatoms. The van der Waals surface area contributed by atoms with E-state index in [9.17, 15) is 5.11 Å². The summed E-state index contributed by atoms with van der Waals surface area (Å²) in [6.07, 6.45) is 3.31. The second-order valence-corrected chi connectivity index (χ2v) is 5.62. The average molecular weight is 352 g/mol. The Hall–Kier alpha value is -3.48. The van der Waals surface area contributed by atoms with Gasteiger partial charge in [0.15, 0.2) is 23.0 Å². The van der Waals surface area contributed by atoms with Gasteiger partial charge in [-0.05, 0) is 35.4 Å².